The van der Waals surface area contributed by atoms with Crippen LogP contribution in [-0.4, -0.2) is 0 Å². The van der Waals surface area contributed by atoms with Gasteiger partial charge >= 0.3 is 0 Å². The highest BCUT2D eigenvalue weighted by molar-refractivity contribution is 5.30. The maximum Gasteiger partial charge on any atom is 0.123 e. The van der Waals surface area contributed by atoms with Crippen LogP contribution < -0.4 is 0 Å². The summed E-state index contributed by atoms with van der Waals surface area (Å²) < 4.78 is 13.4. The van der Waals surface area contributed by atoms with E-state index in [4.69, 9.17) is 0 Å². The van der Waals surface area contributed by atoms with Crippen LogP contribution in [0.1, 0.15) is 88.7 Å². The highest BCUT2D eigenvalue weighted by atomic mass is 19.1. The van der Waals surface area contributed by atoms with Gasteiger partial charge in [-0.05, 0) is 73.1 Å². The van der Waals surface area contributed by atoms with Gasteiger partial charge in [-0.1, -0.05) is 64.4 Å². The topological polar surface area (TPSA) is 0 Å². The molecule has 0 heterocycles. The lowest BCUT2D eigenvalue weighted by Gasteiger charge is -2.36. The highest BCUT2D eigenvalue weighted by Crippen LogP contribution is 2.40. The SMILES string of the molecule is CCCCCCCC1CCC(C2CCc3cc(F)ccc3C2)CC1. The quantitative estimate of drug-likeness (QED) is 0.468. The number of benzene rings is 1. The van der Waals surface area contributed by atoms with Gasteiger partial charge in [0.05, 0.1) is 0 Å². The Kier molecular flexibility index (Phi) is 6.75. The Labute approximate surface area is 148 Å². The number of aryl methyl sites for hydroxylation is 1. The summed E-state index contributed by atoms with van der Waals surface area (Å²) in [6, 6.07) is 5.45. The van der Waals surface area contributed by atoms with Gasteiger partial charge in [0.2, 0.25) is 0 Å². The van der Waals surface area contributed by atoms with Gasteiger partial charge in [-0.2, -0.15) is 0 Å². The summed E-state index contributed by atoms with van der Waals surface area (Å²) >= 11 is 0. The van der Waals surface area contributed by atoms with Crippen molar-refractivity contribution in [3.05, 3.63) is 35.1 Å². The van der Waals surface area contributed by atoms with Crippen molar-refractivity contribution in [1.82, 2.24) is 0 Å². The first-order valence-corrected chi connectivity index (χ1v) is 10.5. The molecular weight excluding hydrogens is 295 g/mol. The monoisotopic (exact) mass is 330 g/mol. The van der Waals surface area contributed by atoms with Crippen molar-refractivity contribution in [2.75, 3.05) is 0 Å². The minimum Gasteiger partial charge on any atom is -0.207 e. The lowest BCUT2D eigenvalue weighted by atomic mass is 9.69. The first-order chi connectivity index (χ1) is 11.8. The molecule has 1 unspecified atom stereocenters. The summed E-state index contributed by atoms with van der Waals surface area (Å²) in [5, 5.41) is 0. The van der Waals surface area contributed by atoms with Crippen molar-refractivity contribution in [3.8, 4) is 0 Å². The van der Waals surface area contributed by atoms with Gasteiger partial charge in [-0.25, -0.2) is 4.39 Å². The maximum absolute atomic E-state index is 13.4. The summed E-state index contributed by atoms with van der Waals surface area (Å²) in [5.74, 6) is 2.73. The van der Waals surface area contributed by atoms with Crippen molar-refractivity contribution < 1.29 is 4.39 Å². The largest absolute Gasteiger partial charge is 0.207 e. The number of halogens is 1. The van der Waals surface area contributed by atoms with E-state index in [2.05, 4.69) is 6.92 Å². The van der Waals surface area contributed by atoms with Gasteiger partial charge in [-0.15, -0.1) is 0 Å². The second-order valence-corrected chi connectivity index (χ2v) is 8.40. The zero-order valence-electron chi connectivity index (χ0n) is 15.5. The van der Waals surface area contributed by atoms with Crippen LogP contribution in [-0.2, 0) is 12.8 Å². The van der Waals surface area contributed by atoms with Crippen molar-refractivity contribution in [2.24, 2.45) is 17.8 Å². The van der Waals surface area contributed by atoms with Crippen molar-refractivity contribution in [1.29, 1.82) is 0 Å². The number of hydrogen-bond acceptors (Lipinski definition) is 0. The lowest BCUT2D eigenvalue weighted by molar-refractivity contribution is 0.182. The van der Waals surface area contributed by atoms with Crippen molar-refractivity contribution in [3.63, 3.8) is 0 Å². The van der Waals surface area contributed by atoms with Gasteiger partial charge in [0.25, 0.3) is 0 Å². The molecule has 0 aliphatic heterocycles. The van der Waals surface area contributed by atoms with E-state index in [1.165, 1.54) is 88.2 Å². The van der Waals surface area contributed by atoms with E-state index in [0.717, 1.165) is 24.2 Å². The number of fused-ring (bicyclic) bond motifs is 1. The third-order valence-electron chi connectivity index (χ3n) is 6.71. The first-order valence-electron chi connectivity index (χ1n) is 10.5. The molecule has 0 N–H and O–H groups in total. The molecule has 0 radical (unpaired) electrons. The fraction of sp³-hybridized carbons (Fsp3) is 0.739. The molecule has 0 spiro atoms. The minimum atomic E-state index is -0.0633. The molecule has 0 aromatic heterocycles. The Morgan fingerprint density at radius 1 is 0.875 bits per heavy atom. The van der Waals surface area contributed by atoms with Crippen LogP contribution in [0.15, 0.2) is 18.2 Å². The van der Waals surface area contributed by atoms with Crippen molar-refractivity contribution >= 4 is 0 Å². The van der Waals surface area contributed by atoms with Crippen LogP contribution in [0.5, 0.6) is 0 Å². The number of hydrogen-bond donors (Lipinski definition) is 0. The molecule has 1 aromatic rings. The summed E-state index contributed by atoms with van der Waals surface area (Å²) in [7, 11) is 0. The van der Waals surface area contributed by atoms with E-state index in [1.807, 2.05) is 6.07 Å². The Bertz CT molecular complexity index is 499. The molecule has 0 amide bonds. The van der Waals surface area contributed by atoms with E-state index >= 15 is 0 Å². The Hall–Kier alpha value is -0.850. The van der Waals surface area contributed by atoms with Crippen LogP contribution in [0.25, 0.3) is 0 Å². The molecule has 1 heteroatoms. The maximum atomic E-state index is 13.4. The van der Waals surface area contributed by atoms with Gasteiger partial charge in [0.1, 0.15) is 5.82 Å². The van der Waals surface area contributed by atoms with Crippen LogP contribution in [0.4, 0.5) is 4.39 Å². The second-order valence-electron chi connectivity index (χ2n) is 8.40. The zero-order chi connectivity index (χ0) is 16.8. The molecule has 1 fully saturated rings. The normalized spacial score (nSPS) is 27.0. The van der Waals surface area contributed by atoms with Gasteiger partial charge in [0.15, 0.2) is 0 Å². The molecule has 2 aliphatic rings. The molecule has 1 atom stereocenters. The Morgan fingerprint density at radius 3 is 2.46 bits per heavy atom. The summed E-state index contributed by atoms with van der Waals surface area (Å²) in [6.45, 7) is 2.29. The molecule has 0 nitrogen and oxygen atoms in total. The Morgan fingerprint density at radius 2 is 1.67 bits per heavy atom. The Balaban J connectivity index is 1.40. The number of unbranched alkanes of at least 4 members (excludes halogenated alkanes) is 4. The average Bonchev–Trinajstić information content (AvgIpc) is 2.62. The zero-order valence-corrected chi connectivity index (χ0v) is 15.5. The van der Waals surface area contributed by atoms with Gasteiger partial charge in [-0.3, -0.25) is 0 Å². The van der Waals surface area contributed by atoms with E-state index < -0.39 is 0 Å². The fourth-order valence-corrected chi connectivity index (χ4v) is 5.14. The predicted octanol–water partition coefficient (Wildman–Crippen LogP) is 7.10. The van der Waals surface area contributed by atoms with E-state index in [1.54, 1.807) is 12.1 Å². The van der Waals surface area contributed by atoms with Crippen molar-refractivity contribution in [2.45, 2.75) is 90.4 Å². The average molecular weight is 331 g/mol. The molecular formula is C23H35F. The molecule has 0 bridgehead atoms. The molecule has 0 saturated heterocycles. The molecule has 134 valence electrons. The summed E-state index contributed by atoms with van der Waals surface area (Å²) in [4.78, 5) is 0. The van der Waals surface area contributed by atoms with Crippen LogP contribution in [0.2, 0.25) is 0 Å². The van der Waals surface area contributed by atoms with E-state index in [0.29, 0.717) is 0 Å². The number of rotatable bonds is 7. The standard InChI is InChI=1S/C23H35F/c1-2-3-4-5-6-7-18-8-10-19(11-9-18)20-12-13-22-17-23(24)15-14-21(22)16-20/h14-15,17-20H,2-13,16H2,1H3. The van der Waals surface area contributed by atoms with Crippen LogP contribution in [0.3, 0.4) is 0 Å². The first kappa shape index (κ1) is 18.0. The smallest absolute Gasteiger partial charge is 0.123 e. The highest BCUT2D eigenvalue weighted by Gasteiger charge is 2.30. The van der Waals surface area contributed by atoms with Crippen LogP contribution in [0, 0.1) is 23.6 Å². The summed E-state index contributed by atoms with van der Waals surface area (Å²) in [6.07, 6.45) is 18.0. The van der Waals surface area contributed by atoms with E-state index in [-0.39, 0.29) is 5.82 Å². The lowest BCUT2D eigenvalue weighted by Crippen LogP contribution is -2.26. The van der Waals surface area contributed by atoms with Gasteiger partial charge < -0.3 is 0 Å². The molecule has 1 saturated carbocycles. The predicted molar refractivity (Wildman–Crippen MR) is 101 cm³/mol. The summed E-state index contributed by atoms with van der Waals surface area (Å²) in [5.41, 5.74) is 2.69. The van der Waals surface area contributed by atoms with Gasteiger partial charge in [0, 0.05) is 0 Å². The third-order valence-corrected chi connectivity index (χ3v) is 6.71. The molecule has 1 aromatic carbocycles. The van der Waals surface area contributed by atoms with E-state index in [9.17, 15) is 4.39 Å². The van der Waals surface area contributed by atoms with Crippen LogP contribution >= 0.6 is 0 Å². The fourth-order valence-electron chi connectivity index (χ4n) is 5.14. The molecule has 3 rings (SSSR count). The molecule has 2 aliphatic carbocycles. The third kappa shape index (κ3) is 4.83. The second kappa shape index (κ2) is 9.02. The minimum absolute atomic E-state index is 0.0633. The molecule has 24 heavy (non-hydrogen) atoms.